The first kappa shape index (κ1) is 9.54. The SMILES string of the molecule is O=c1cnc2ccccc2n1C1CCNC1. The molecule has 82 valence electrons. The molecule has 2 heterocycles. The predicted octanol–water partition coefficient (Wildman–Crippen LogP) is 0.931. The lowest BCUT2D eigenvalue weighted by Gasteiger charge is -2.15. The molecule has 3 rings (SSSR count). The van der Waals surface area contributed by atoms with E-state index in [1.54, 1.807) is 0 Å². The summed E-state index contributed by atoms with van der Waals surface area (Å²) >= 11 is 0. The molecule has 0 saturated carbocycles. The summed E-state index contributed by atoms with van der Waals surface area (Å²) in [7, 11) is 0. The molecule has 1 aliphatic rings. The zero-order chi connectivity index (χ0) is 11.0. The van der Waals surface area contributed by atoms with Crippen LogP contribution in [0.5, 0.6) is 0 Å². The molecule has 1 atom stereocenters. The van der Waals surface area contributed by atoms with Crippen LogP contribution >= 0.6 is 0 Å². The summed E-state index contributed by atoms with van der Waals surface area (Å²) in [5, 5.41) is 3.28. The number of fused-ring (bicyclic) bond motifs is 1. The van der Waals surface area contributed by atoms with E-state index in [0.29, 0.717) is 0 Å². The lowest BCUT2D eigenvalue weighted by atomic mass is 10.2. The fourth-order valence-electron chi connectivity index (χ4n) is 2.32. The van der Waals surface area contributed by atoms with E-state index >= 15 is 0 Å². The Morgan fingerprint density at radius 1 is 1.38 bits per heavy atom. The standard InChI is InChI=1S/C12H13N3O/c16-12-8-14-10-3-1-2-4-11(10)15(12)9-5-6-13-7-9/h1-4,8-9,13H,5-7H2. The summed E-state index contributed by atoms with van der Waals surface area (Å²) in [5.41, 5.74) is 1.81. The van der Waals surface area contributed by atoms with Crippen molar-refractivity contribution in [2.45, 2.75) is 12.5 Å². The molecule has 0 bridgehead atoms. The smallest absolute Gasteiger partial charge is 0.269 e. The van der Waals surface area contributed by atoms with Crippen molar-refractivity contribution in [3.8, 4) is 0 Å². The first-order valence-electron chi connectivity index (χ1n) is 5.53. The van der Waals surface area contributed by atoms with Gasteiger partial charge in [0.15, 0.2) is 0 Å². The van der Waals surface area contributed by atoms with E-state index in [0.717, 1.165) is 30.5 Å². The number of benzene rings is 1. The highest BCUT2D eigenvalue weighted by Crippen LogP contribution is 2.18. The molecule has 1 fully saturated rings. The van der Waals surface area contributed by atoms with Gasteiger partial charge in [0.2, 0.25) is 0 Å². The highest BCUT2D eigenvalue weighted by atomic mass is 16.1. The Balaban J connectivity index is 2.27. The number of rotatable bonds is 1. The van der Waals surface area contributed by atoms with Gasteiger partial charge in [-0.3, -0.25) is 4.79 Å². The van der Waals surface area contributed by atoms with Crippen LogP contribution < -0.4 is 10.9 Å². The Morgan fingerprint density at radius 3 is 3.06 bits per heavy atom. The largest absolute Gasteiger partial charge is 0.315 e. The average molecular weight is 215 g/mol. The van der Waals surface area contributed by atoms with Gasteiger partial charge in [-0.2, -0.15) is 0 Å². The summed E-state index contributed by atoms with van der Waals surface area (Å²) < 4.78 is 1.86. The Bertz CT molecular complexity index is 570. The third kappa shape index (κ3) is 1.42. The first-order valence-corrected chi connectivity index (χ1v) is 5.53. The lowest BCUT2D eigenvalue weighted by Crippen LogP contribution is -2.26. The molecule has 2 aromatic rings. The van der Waals surface area contributed by atoms with Crippen molar-refractivity contribution in [2.24, 2.45) is 0 Å². The van der Waals surface area contributed by atoms with Gasteiger partial charge in [-0.15, -0.1) is 0 Å². The summed E-state index contributed by atoms with van der Waals surface area (Å²) in [6.45, 7) is 1.85. The van der Waals surface area contributed by atoms with E-state index in [4.69, 9.17) is 0 Å². The molecular weight excluding hydrogens is 202 g/mol. The van der Waals surface area contributed by atoms with Gasteiger partial charge in [0.1, 0.15) is 0 Å². The highest BCUT2D eigenvalue weighted by Gasteiger charge is 2.19. The van der Waals surface area contributed by atoms with Crippen LogP contribution in [0.25, 0.3) is 11.0 Å². The number of aromatic nitrogens is 2. The molecule has 4 heteroatoms. The fourth-order valence-corrected chi connectivity index (χ4v) is 2.32. The van der Waals surface area contributed by atoms with Crippen LogP contribution in [0.4, 0.5) is 0 Å². The molecule has 1 aromatic carbocycles. The van der Waals surface area contributed by atoms with Crippen LogP contribution in [-0.2, 0) is 0 Å². The van der Waals surface area contributed by atoms with E-state index in [9.17, 15) is 4.79 Å². The molecule has 1 aliphatic heterocycles. The molecule has 0 spiro atoms. The molecule has 16 heavy (non-hydrogen) atoms. The van der Waals surface area contributed by atoms with Gasteiger partial charge < -0.3 is 9.88 Å². The second-order valence-electron chi connectivity index (χ2n) is 4.10. The minimum absolute atomic E-state index is 0.00704. The van der Waals surface area contributed by atoms with Gasteiger partial charge in [0, 0.05) is 6.54 Å². The van der Waals surface area contributed by atoms with Crippen LogP contribution in [-0.4, -0.2) is 22.6 Å². The third-order valence-electron chi connectivity index (χ3n) is 3.09. The summed E-state index contributed by atoms with van der Waals surface area (Å²) in [6.07, 6.45) is 2.43. The van der Waals surface area contributed by atoms with Crippen LogP contribution in [0, 0.1) is 0 Å². The number of hydrogen-bond donors (Lipinski definition) is 1. The van der Waals surface area contributed by atoms with Crippen molar-refractivity contribution in [3.05, 3.63) is 40.8 Å². The van der Waals surface area contributed by atoms with Gasteiger partial charge in [0.25, 0.3) is 5.56 Å². The van der Waals surface area contributed by atoms with Crippen LogP contribution in [0.2, 0.25) is 0 Å². The van der Waals surface area contributed by atoms with Crippen molar-refractivity contribution < 1.29 is 0 Å². The molecule has 1 N–H and O–H groups in total. The van der Waals surface area contributed by atoms with Crippen molar-refractivity contribution in [3.63, 3.8) is 0 Å². The van der Waals surface area contributed by atoms with E-state index in [1.807, 2.05) is 28.8 Å². The topological polar surface area (TPSA) is 46.9 Å². The van der Waals surface area contributed by atoms with Crippen molar-refractivity contribution >= 4 is 11.0 Å². The van der Waals surface area contributed by atoms with Gasteiger partial charge in [-0.05, 0) is 25.1 Å². The van der Waals surface area contributed by atoms with E-state index < -0.39 is 0 Å². The lowest BCUT2D eigenvalue weighted by molar-refractivity contribution is 0.545. The molecule has 0 radical (unpaired) electrons. The second-order valence-corrected chi connectivity index (χ2v) is 4.10. The monoisotopic (exact) mass is 215 g/mol. The second kappa shape index (κ2) is 3.72. The normalized spacial score (nSPS) is 20.4. The molecule has 4 nitrogen and oxygen atoms in total. The maximum atomic E-state index is 11.9. The maximum Gasteiger partial charge on any atom is 0.269 e. The van der Waals surface area contributed by atoms with Crippen molar-refractivity contribution in [2.75, 3.05) is 13.1 Å². The number of nitrogens with one attached hydrogen (secondary N) is 1. The number of hydrogen-bond acceptors (Lipinski definition) is 3. The predicted molar refractivity (Wildman–Crippen MR) is 62.5 cm³/mol. The molecule has 0 amide bonds. The van der Waals surface area contributed by atoms with E-state index in [1.165, 1.54) is 6.20 Å². The number of para-hydroxylation sites is 2. The summed E-state index contributed by atoms with van der Waals surface area (Å²) in [5.74, 6) is 0. The summed E-state index contributed by atoms with van der Waals surface area (Å²) in [4.78, 5) is 16.1. The molecule has 1 unspecified atom stereocenters. The zero-order valence-electron chi connectivity index (χ0n) is 8.89. The third-order valence-corrected chi connectivity index (χ3v) is 3.09. The van der Waals surface area contributed by atoms with Crippen molar-refractivity contribution in [1.82, 2.24) is 14.9 Å². The highest BCUT2D eigenvalue weighted by molar-refractivity contribution is 5.74. The van der Waals surface area contributed by atoms with Crippen LogP contribution in [0.1, 0.15) is 12.5 Å². The van der Waals surface area contributed by atoms with Gasteiger partial charge in [-0.1, -0.05) is 12.1 Å². The van der Waals surface area contributed by atoms with E-state index in [-0.39, 0.29) is 11.6 Å². The van der Waals surface area contributed by atoms with Crippen LogP contribution in [0.15, 0.2) is 35.3 Å². The Hall–Kier alpha value is -1.68. The van der Waals surface area contributed by atoms with Gasteiger partial charge in [0.05, 0.1) is 23.3 Å². The molecule has 1 saturated heterocycles. The first-order chi connectivity index (χ1) is 7.86. The Kier molecular flexibility index (Phi) is 2.22. The fraction of sp³-hybridized carbons (Fsp3) is 0.333. The average Bonchev–Trinajstić information content (AvgIpc) is 2.82. The Morgan fingerprint density at radius 2 is 2.25 bits per heavy atom. The maximum absolute atomic E-state index is 11.9. The summed E-state index contributed by atoms with van der Waals surface area (Å²) in [6, 6.07) is 8.05. The molecular formula is C12H13N3O. The molecule has 0 aliphatic carbocycles. The van der Waals surface area contributed by atoms with Gasteiger partial charge >= 0.3 is 0 Å². The Labute approximate surface area is 92.9 Å². The van der Waals surface area contributed by atoms with Crippen LogP contribution in [0.3, 0.4) is 0 Å². The van der Waals surface area contributed by atoms with Gasteiger partial charge in [-0.25, -0.2) is 4.98 Å². The number of nitrogens with zero attached hydrogens (tertiary/aromatic N) is 2. The quantitative estimate of drug-likeness (QED) is 0.769. The zero-order valence-corrected chi connectivity index (χ0v) is 8.89. The van der Waals surface area contributed by atoms with E-state index in [2.05, 4.69) is 10.3 Å². The minimum atomic E-state index is -0.00704. The molecule has 1 aromatic heterocycles. The van der Waals surface area contributed by atoms with Crippen molar-refractivity contribution in [1.29, 1.82) is 0 Å². The minimum Gasteiger partial charge on any atom is -0.315 e.